The standard InChI is InChI=1S/3C2H8N2.2Co.6HNO2.H2O/c3*3-1-2-4;;;6*2-1-3;/h3*1-4H2;;;6*(H,2,3);1H2/q;;;2*+3;;;;;;;/p-6. The van der Waals surface area contributed by atoms with Crippen molar-refractivity contribution in [1.82, 2.24) is 0 Å². The summed E-state index contributed by atoms with van der Waals surface area (Å²) < 4.78 is 0. The summed E-state index contributed by atoms with van der Waals surface area (Å²) in [5.74, 6) is 0. The minimum absolute atomic E-state index is 0. The van der Waals surface area contributed by atoms with E-state index in [4.69, 9.17) is 95.1 Å². The summed E-state index contributed by atoms with van der Waals surface area (Å²) in [7, 11) is 0. The van der Waals surface area contributed by atoms with Gasteiger partial charge in [-0.3, -0.25) is 0 Å². The second kappa shape index (κ2) is 276. The van der Waals surface area contributed by atoms with Crippen molar-refractivity contribution in [2.45, 2.75) is 0 Å². The number of nitrogens with two attached hydrogens (primary N) is 6. The van der Waals surface area contributed by atoms with E-state index in [-0.39, 0.29) is 39.0 Å². The summed E-state index contributed by atoms with van der Waals surface area (Å²) >= 11 is 0. The van der Waals surface area contributed by atoms with Crippen LogP contribution in [0, 0.1) is 60.7 Å². The Balaban J connectivity index is -0.0000000149. The molecule has 0 aliphatic carbocycles. The molecule has 0 heterocycles. The maximum absolute atomic E-state index is 8.00. The zero-order chi connectivity index (χ0) is 26.5. The molecule has 0 radical (unpaired) electrons. The van der Waals surface area contributed by atoms with Crippen LogP contribution in [0.4, 0.5) is 0 Å². The summed E-state index contributed by atoms with van der Waals surface area (Å²) in [6.45, 7) is 3.58. The summed E-state index contributed by atoms with van der Waals surface area (Å²) in [6, 6.07) is 0. The first kappa shape index (κ1) is 77.8. The van der Waals surface area contributed by atoms with Gasteiger partial charge in [0.1, 0.15) is 0 Å². The molecule has 0 aromatic heterocycles. The van der Waals surface area contributed by atoms with Crippen LogP contribution in [0.1, 0.15) is 0 Å². The van der Waals surface area contributed by atoms with E-state index in [9.17, 15) is 0 Å². The molecule has 206 valence electrons. The largest absolute Gasteiger partial charge is 3.00 e. The molecule has 14 N–H and O–H groups in total. The third-order valence-electron chi connectivity index (χ3n) is 0.500. The van der Waals surface area contributed by atoms with Gasteiger partial charge in [-0.05, 0) is 0 Å². The van der Waals surface area contributed by atoms with Crippen LogP contribution in [0.15, 0.2) is 32.0 Å². The number of rotatable bonds is 3. The van der Waals surface area contributed by atoms with E-state index in [1.54, 1.807) is 0 Å². The van der Waals surface area contributed by atoms with E-state index >= 15 is 0 Å². The van der Waals surface area contributed by atoms with Gasteiger partial charge in [-0.25, -0.2) is 0 Å². The van der Waals surface area contributed by atoms with Gasteiger partial charge in [0, 0.05) is 39.3 Å². The molecule has 0 fully saturated rings. The number of hydrogen-bond donors (Lipinski definition) is 6. The van der Waals surface area contributed by atoms with Crippen molar-refractivity contribution in [3.8, 4) is 0 Å². The molecule has 0 spiro atoms. The SMILES string of the molecule is NCCN.NCCN.NCCN.O.O=N[O-].O=N[O-].O=N[O-].O=N[O-].O=N[O-].O=N[O-].[Co+3].[Co+3]. The fraction of sp³-hybridized carbons (Fsp3) is 1.00. The monoisotopic (exact) mass is 592 g/mol. The molecule has 0 amide bonds. The van der Waals surface area contributed by atoms with Crippen LogP contribution in [0.3, 0.4) is 0 Å². The van der Waals surface area contributed by atoms with E-state index in [2.05, 4.69) is 0 Å². The van der Waals surface area contributed by atoms with Crippen molar-refractivity contribution in [2.24, 2.45) is 66.4 Å². The van der Waals surface area contributed by atoms with Crippen LogP contribution in [0.5, 0.6) is 0 Å². The Kier molecular flexibility index (Phi) is 652. The number of nitrogens with zero attached hydrogens (tertiary/aromatic N) is 6. The fourth-order valence-electron chi connectivity index (χ4n) is 0. The molecule has 0 unspecified atom stereocenters. The molecule has 0 atom stereocenters. The van der Waals surface area contributed by atoms with Crippen LogP contribution in [0.2, 0.25) is 0 Å². The Bertz CT molecular complexity index is 204. The molecule has 0 rings (SSSR count). The third kappa shape index (κ3) is 1210000. The Morgan fingerprint density at radius 3 is 0.394 bits per heavy atom. The van der Waals surface area contributed by atoms with E-state index < -0.39 is 0 Å². The maximum Gasteiger partial charge on any atom is 3.00 e. The molecular weight excluding hydrogens is 566 g/mol. The Morgan fingerprint density at radius 1 is 0.364 bits per heavy atom. The minimum Gasteiger partial charge on any atom is -0.444 e. The molecule has 0 saturated carbocycles. The normalized spacial score (nSPS) is 4.91. The Morgan fingerprint density at radius 2 is 0.394 bits per heavy atom. The predicted molar refractivity (Wildman–Crippen MR) is 113 cm³/mol. The molecule has 0 aliphatic rings. The van der Waals surface area contributed by atoms with Gasteiger partial charge in [0.2, 0.25) is 0 Å². The van der Waals surface area contributed by atoms with Crippen molar-refractivity contribution in [3.05, 3.63) is 60.7 Å². The molecule has 25 nitrogen and oxygen atoms in total. The van der Waals surface area contributed by atoms with Gasteiger partial charge < -0.3 is 101 Å². The van der Waals surface area contributed by atoms with Gasteiger partial charge >= 0.3 is 33.6 Å². The topological polar surface area (TPSA) is 503 Å². The van der Waals surface area contributed by atoms with Gasteiger partial charge in [-0.2, -0.15) is 0 Å². The molecule has 27 heteroatoms. The van der Waals surface area contributed by atoms with E-state index in [0.29, 0.717) is 39.3 Å². The molecular formula is C6H26Co2N12O13. The van der Waals surface area contributed by atoms with Crippen LogP contribution in [0.25, 0.3) is 0 Å². The van der Waals surface area contributed by atoms with Crippen LogP contribution >= 0.6 is 0 Å². The van der Waals surface area contributed by atoms with E-state index in [1.165, 1.54) is 0 Å². The van der Waals surface area contributed by atoms with Crippen LogP contribution < -0.4 is 34.4 Å². The molecule has 0 aromatic carbocycles. The van der Waals surface area contributed by atoms with Crippen molar-refractivity contribution in [1.29, 1.82) is 0 Å². The summed E-state index contributed by atoms with van der Waals surface area (Å²) in [6.07, 6.45) is 0. The average Bonchev–Trinajstić information content (AvgIpc) is 2.72. The summed E-state index contributed by atoms with van der Waals surface area (Å²) in [4.78, 5) is 48.0. The number of hydrogen-bond acceptors (Lipinski definition) is 24. The quantitative estimate of drug-likeness (QED) is 0.144. The van der Waals surface area contributed by atoms with Gasteiger partial charge in [0.15, 0.2) is 0 Å². The molecule has 0 bridgehead atoms. The zero-order valence-corrected chi connectivity index (χ0v) is 18.5. The summed E-state index contributed by atoms with van der Waals surface area (Å²) in [5, 5.41) is 54.0. The average molecular weight is 592 g/mol. The maximum atomic E-state index is 8.00. The first-order valence-electron chi connectivity index (χ1n) is 6.14. The second-order valence-corrected chi connectivity index (χ2v) is 2.18. The molecule has 0 aliphatic heterocycles. The molecule has 0 saturated heterocycles. The van der Waals surface area contributed by atoms with Gasteiger partial charge in [-0.15, -0.1) is 32.0 Å². The molecule has 0 aromatic rings. The van der Waals surface area contributed by atoms with Crippen molar-refractivity contribution < 1.29 is 39.0 Å². The van der Waals surface area contributed by atoms with Gasteiger partial charge in [-0.1, -0.05) is 0 Å². The van der Waals surface area contributed by atoms with Crippen LogP contribution in [-0.2, 0) is 33.6 Å². The minimum atomic E-state index is 0. The second-order valence-electron chi connectivity index (χ2n) is 2.18. The first-order chi connectivity index (χ1) is 14.2. The van der Waals surface area contributed by atoms with E-state index in [0.717, 1.165) is 32.0 Å². The summed E-state index contributed by atoms with van der Waals surface area (Å²) in [5.41, 5.74) is 29.4. The predicted octanol–water partition coefficient (Wildman–Crippen LogP) is -2.61. The third-order valence-corrected chi connectivity index (χ3v) is 0.500. The Labute approximate surface area is 205 Å². The van der Waals surface area contributed by atoms with Gasteiger partial charge in [0.05, 0.1) is 0 Å². The molecule has 33 heavy (non-hydrogen) atoms. The van der Waals surface area contributed by atoms with E-state index in [1.807, 2.05) is 0 Å². The van der Waals surface area contributed by atoms with Crippen molar-refractivity contribution in [2.75, 3.05) is 39.3 Å². The first-order valence-corrected chi connectivity index (χ1v) is 6.14. The Hall–Kier alpha value is -2.87. The fourth-order valence-corrected chi connectivity index (χ4v) is 0. The van der Waals surface area contributed by atoms with Crippen molar-refractivity contribution >= 4 is 0 Å². The smallest absolute Gasteiger partial charge is 0.444 e. The van der Waals surface area contributed by atoms with Gasteiger partial charge in [0.25, 0.3) is 0 Å². The van der Waals surface area contributed by atoms with Crippen LogP contribution in [-0.4, -0.2) is 44.7 Å². The van der Waals surface area contributed by atoms with Crippen molar-refractivity contribution in [3.63, 3.8) is 0 Å². The zero-order valence-electron chi connectivity index (χ0n) is 16.5.